The Morgan fingerprint density at radius 2 is 2.38 bits per heavy atom. The first-order valence-corrected chi connectivity index (χ1v) is 7.07. The molecule has 0 aromatic heterocycles. The summed E-state index contributed by atoms with van der Waals surface area (Å²) in [5.74, 6) is 0. The van der Waals surface area contributed by atoms with E-state index in [-0.39, 0.29) is 0 Å². The van der Waals surface area contributed by atoms with Crippen molar-refractivity contribution >= 4 is 16.9 Å². The molecule has 2 saturated heterocycles. The maximum atomic E-state index is 8.58. The van der Waals surface area contributed by atoms with Crippen molar-refractivity contribution in [1.29, 1.82) is 5.26 Å². The predicted molar refractivity (Wildman–Crippen MR) is 67.3 cm³/mol. The maximum Gasteiger partial charge on any atom is 0.183 e. The molecule has 16 heavy (non-hydrogen) atoms. The largest absolute Gasteiger partial charge is 0.300 e. The minimum atomic E-state index is 0.405. The molecule has 4 nitrogen and oxygen atoms in total. The quantitative estimate of drug-likeness (QED) is 0.325. The van der Waals surface area contributed by atoms with Gasteiger partial charge in [-0.3, -0.25) is 10.3 Å². The number of nitriles is 1. The zero-order valence-electron chi connectivity index (χ0n) is 9.65. The summed E-state index contributed by atoms with van der Waals surface area (Å²) < 4.78 is 0. The lowest BCUT2D eigenvalue weighted by Crippen LogP contribution is -2.40. The van der Waals surface area contributed by atoms with Gasteiger partial charge in [0.05, 0.1) is 6.04 Å². The zero-order chi connectivity index (χ0) is 11.4. The van der Waals surface area contributed by atoms with Crippen molar-refractivity contribution in [2.24, 2.45) is 4.99 Å². The van der Waals surface area contributed by atoms with Gasteiger partial charge in [0.1, 0.15) is 0 Å². The molecule has 2 heterocycles. The van der Waals surface area contributed by atoms with Crippen molar-refractivity contribution < 1.29 is 0 Å². The van der Waals surface area contributed by atoms with E-state index in [0.29, 0.717) is 6.04 Å². The molecule has 0 aromatic carbocycles. The average Bonchev–Trinajstić information content (AvgIpc) is 2.75. The van der Waals surface area contributed by atoms with E-state index in [1.54, 1.807) is 0 Å². The highest BCUT2D eigenvalue weighted by Gasteiger charge is 2.31. The molecule has 0 aliphatic carbocycles. The van der Waals surface area contributed by atoms with E-state index in [4.69, 9.17) is 5.26 Å². The van der Waals surface area contributed by atoms with E-state index in [1.807, 2.05) is 12.4 Å². The van der Waals surface area contributed by atoms with Crippen LogP contribution >= 0.6 is 11.8 Å². The molecule has 88 valence electrons. The normalized spacial score (nSPS) is 30.9. The summed E-state index contributed by atoms with van der Waals surface area (Å²) >= 11 is 1.52. The molecule has 0 bridgehead atoms. The van der Waals surface area contributed by atoms with Crippen LogP contribution in [0.1, 0.15) is 25.7 Å². The average molecular weight is 238 g/mol. The van der Waals surface area contributed by atoms with Crippen LogP contribution in [0.15, 0.2) is 4.99 Å². The van der Waals surface area contributed by atoms with E-state index in [2.05, 4.69) is 15.2 Å². The van der Waals surface area contributed by atoms with Crippen LogP contribution in [0.25, 0.3) is 0 Å². The molecular weight excluding hydrogens is 220 g/mol. The molecule has 5 heteroatoms. The Labute approximate surface area is 101 Å². The van der Waals surface area contributed by atoms with E-state index in [9.17, 15) is 0 Å². The summed E-state index contributed by atoms with van der Waals surface area (Å²) in [6.45, 7) is 2.44. The van der Waals surface area contributed by atoms with Crippen LogP contribution in [0.4, 0.5) is 0 Å². The summed E-state index contributed by atoms with van der Waals surface area (Å²) in [5, 5.41) is 12.0. The Morgan fingerprint density at radius 3 is 3.12 bits per heavy atom. The first-order chi connectivity index (χ1) is 7.83. The molecule has 0 saturated carbocycles. The highest BCUT2D eigenvalue weighted by Crippen LogP contribution is 2.28. The van der Waals surface area contributed by atoms with Gasteiger partial charge in [0.25, 0.3) is 0 Å². The second kappa shape index (κ2) is 5.55. The number of piperidine rings is 1. The molecule has 2 aliphatic rings. The van der Waals surface area contributed by atoms with Crippen LogP contribution in [0.2, 0.25) is 0 Å². The van der Waals surface area contributed by atoms with Crippen molar-refractivity contribution in [3.63, 3.8) is 0 Å². The number of rotatable bonds is 1. The second-order valence-electron chi connectivity index (χ2n) is 4.39. The van der Waals surface area contributed by atoms with Crippen molar-refractivity contribution in [2.75, 3.05) is 19.3 Å². The standard InChI is InChI=1S/C11H18N4S/c1-16-11(13-8-12)14-9-4-6-15-5-2-3-10(15)7-9/h9-10H,2-7H2,1H3,(H,13,14). The van der Waals surface area contributed by atoms with Gasteiger partial charge in [-0.1, -0.05) is 11.8 Å². The van der Waals surface area contributed by atoms with Crippen LogP contribution in [0.3, 0.4) is 0 Å². The zero-order valence-corrected chi connectivity index (χ0v) is 10.5. The van der Waals surface area contributed by atoms with Crippen molar-refractivity contribution in [2.45, 2.75) is 37.8 Å². The fourth-order valence-corrected chi connectivity index (χ4v) is 3.07. The molecule has 0 amide bonds. The Hall–Kier alpha value is -0.730. The fourth-order valence-electron chi connectivity index (χ4n) is 2.67. The molecule has 0 spiro atoms. The third kappa shape index (κ3) is 2.69. The molecule has 2 fully saturated rings. The number of hydrogen-bond donors (Lipinski definition) is 1. The van der Waals surface area contributed by atoms with Gasteiger partial charge in [-0.05, 0) is 38.5 Å². The number of thioether (sulfide) groups is 1. The lowest BCUT2D eigenvalue weighted by Gasteiger charge is -2.33. The van der Waals surface area contributed by atoms with Crippen LogP contribution in [0, 0.1) is 11.5 Å². The highest BCUT2D eigenvalue weighted by atomic mass is 32.2. The van der Waals surface area contributed by atoms with Crippen LogP contribution in [-0.4, -0.2) is 41.5 Å². The summed E-state index contributed by atoms with van der Waals surface area (Å²) in [6.07, 6.45) is 8.86. The van der Waals surface area contributed by atoms with Gasteiger partial charge in [-0.25, -0.2) is 0 Å². The summed E-state index contributed by atoms with van der Waals surface area (Å²) in [7, 11) is 0. The monoisotopic (exact) mass is 238 g/mol. The third-order valence-electron chi connectivity index (χ3n) is 3.45. The van der Waals surface area contributed by atoms with Crippen LogP contribution in [0.5, 0.6) is 0 Å². The van der Waals surface area contributed by atoms with Gasteiger partial charge in [0.15, 0.2) is 11.4 Å². The SMILES string of the molecule is CSC(=NC1CCN2CCCC2C1)NC#N. The number of amidine groups is 1. The van der Waals surface area contributed by atoms with Crippen LogP contribution < -0.4 is 5.32 Å². The third-order valence-corrected chi connectivity index (χ3v) is 4.04. The molecular formula is C11H18N4S. The Balaban J connectivity index is 1.93. The first kappa shape index (κ1) is 11.7. The lowest BCUT2D eigenvalue weighted by atomic mass is 9.98. The van der Waals surface area contributed by atoms with Crippen molar-refractivity contribution in [3.05, 3.63) is 0 Å². The summed E-state index contributed by atoms with van der Waals surface area (Å²) in [5.41, 5.74) is 0. The second-order valence-corrected chi connectivity index (χ2v) is 5.18. The van der Waals surface area contributed by atoms with Gasteiger partial charge in [-0.15, -0.1) is 0 Å². The molecule has 0 radical (unpaired) electrons. The molecule has 2 unspecified atom stereocenters. The molecule has 2 rings (SSSR count). The molecule has 1 N–H and O–H groups in total. The first-order valence-electron chi connectivity index (χ1n) is 5.84. The maximum absolute atomic E-state index is 8.58. The van der Waals surface area contributed by atoms with E-state index >= 15 is 0 Å². The van der Waals surface area contributed by atoms with Gasteiger partial charge < -0.3 is 4.90 Å². The summed E-state index contributed by atoms with van der Waals surface area (Å²) in [4.78, 5) is 7.21. The lowest BCUT2D eigenvalue weighted by molar-refractivity contribution is 0.183. The van der Waals surface area contributed by atoms with Crippen LogP contribution in [-0.2, 0) is 0 Å². The van der Waals surface area contributed by atoms with Gasteiger partial charge in [0.2, 0.25) is 0 Å². The Bertz CT molecular complexity index is 310. The fraction of sp³-hybridized carbons (Fsp3) is 0.818. The minimum Gasteiger partial charge on any atom is -0.300 e. The number of fused-ring (bicyclic) bond motifs is 1. The van der Waals surface area contributed by atoms with E-state index in [0.717, 1.165) is 24.1 Å². The smallest absolute Gasteiger partial charge is 0.183 e. The molecule has 2 atom stereocenters. The number of nitrogens with zero attached hydrogens (tertiary/aromatic N) is 3. The van der Waals surface area contributed by atoms with E-state index < -0.39 is 0 Å². The van der Waals surface area contributed by atoms with Crippen molar-refractivity contribution in [1.82, 2.24) is 10.2 Å². The highest BCUT2D eigenvalue weighted by molar-refractivity contribution is 8.13. The number of aliphatic imine (C=N–C) groups is 1. The summed E-state index contributed by atoms with van der Waals surface area (Å²) in [6, 6.07) is 1.15. The minimum absolute atomic E-state index is 0.405. The van der Waals surface area contributed by atoms with Gasteiger partial charge in [0, 0.05) is 12.6 Å². The van der Waals surface area contributed by atoms with E-state index in [1.165, 1.54) is 37.7 Å². The van der Waals surface area contributed by atoms with Gasteiger partial charge in [-0.2, -0.15) is 5.26 Å². The predicted octanol–water partition coefficient (Wildman–Crippen LogP) is 1.40. The van der Waals surface area contributed by atoms with Crippen molar-refractivity contribution in [3.8, 4) is 6.19 Å². The van der Waals surface area contributed by atoms with Gasteiger partial charge >= 0.3 is 0 Å². The molecule has 0 aromatic rings. The topological polar surface area (TPSA) is 51.4 Å². The molecule has 2 aliphatic heterocycles. The number of nitrogens with one attached hydrogen (secondary N) is 1. The number of hydrogen-bond acceptors (Lipinski definition) is 4. The Kier molecular flexibility index (Phi) is 4.08. The Morgan fingerprint density at radius 1 is 1.50 bits per heavy atom.